The number of anilines is 4. The number of halogens is 3. The Morgan fingerprint density at radius 1 is 0.977 bits per heavy atom. The summed E-state index contributed by atoms with van der Waals surface area (Å²) in [5.74, 6) is 0.745. The number of ether oxygens (including phenoxy) is 1. The van der Waals surface area contributed by atoms with Crippen LogP contribution in [-0.4, -0.2) is 72.0 Å². The van der Waals surface area contributed by atoms with E-state index in [1.807, 2.05) is 13.0 Å². The number of rotatable bonds is 10. The molecule has 9 nitrogen and oxygen atoms in total. The second-order valence-corrected chi connectivity index (χ2v) is 12.3. The summed E-state index contributed by atoms with van der Waals surface area (Å²) in [4.78, 5) is 36.3. The summed E-state index contributed by atoms with van der Waals surface area (Å²) >= 11 is 0. The van der Waals surface area contributed by atoms with Crippen molar-refractivity contribution in [2.45, 2.75) is 77.0 Å². The number of aryl methyl sites for hydroxylation is 1. The Balaban J connectivity index is 1.01. The molecule has 2 aromatic carbocycles. The molecule has 1 aromatic heterocycles. The number of hydrogen-bond donors (Lipinski definition) is 2. The third kappa shape index (κ3) is 6.86. The quantitative estimate of drug-likeness (QED) is 0.315. The molecule has 236 valence electrons. The third-order valence-corrected chi connectivity index (χ3v) is 9.04. The largest absolute Gasteiger partial charge is 0.573 e. The molecule has 3 aliphatic rings. The van der Waals surface area contributed by atoms with Crippen LogP contribution in [0, 0.1) is 6.92 Å². The lowest BCUT2D eigenvalue weighted by Gasteiger charge is -2.48. The molecule has 1 aliphatic carbocycles. The molecule has 3 fully saturated rings. The predicted molar refractivity (Wildman–Crippen MR) is 165 cm³/mol. The fraction of sp³-hybridized carbons (Fsp3) is 0.531. The summed E-state index contributed by atoms with van der Waals surface area (Å²) in [5, 5.41) is 6.28. The van der Waals surface area contributed by atoms with Gasteiger partial charge >= 0.3 is 6.36 Å². The zero-order chi connectivity index (χ0) is 31.0. The summed E-state index contributed by atoms with van der Waals surface area (Å²) in [6.07, 6.45) is 2.23. The lowest BCUT2D eigenvalue weighted by Crippen LogP contribution is -2.58. The van der Waals surface area contributed by atoms with E-state index in [0.29, 0.717) is 35.7 Å². The number of benzene rings is 1. The van der Waals surface area contributed by atoms with Crippen molar-refractivity contribution in [3.63, 3.8) is 0 Å². The highest BCUT2D eigenvalue weighted by Gasteiger charge is 2.34. The molecule has 12 heteroatoms. The number of aromatic nitrogens is 1. The number of hydrogen-bond acceptors (Lipinski definition) is 9. The molecule has 1 atom stereocenters. The summed E-state index contributed by atoms with van der Waals surface area (Å²) < 4.78 is 41.3. The van der Waals surface area contributed by atoms with Crippen molar-refractivity contribution in [3.8, 4) is 5.75 Å². The first kappa shape index (κ1) is 30.4. The molecule has 1 unspecified atom stereocenters. The standard InChI is InChI=1S/C32H39F3N6O3/c1-3-24-19-40(31-20(2)16-23(17-36-31)38-28-27(29(42)30(28)43)37-22-6-7-22)14-15-41(24)25-10-12-39(13-11-25)18-21-4-8-26(9-5-21)44-32(33,34)35/h4-5,8-9,16-17,22,24-25,37-38H,3,6-7,10-15,18-19H2,1-2H3. The van der Waals surface area contributed by atoms with Crippen molar-refractivity contribution in [2.24, 2.45) is 0 Å². The fourth-order valence-electron chi connectivity index (χ4n) is 6.56. The Morgan fingerprint density at radius 3 is 2.32 bits per heavy atom. The maximum absolute atomic E-state index is 12.4. The molecular weight excluding hydrogens is 573 g/mol. The monoisotopic (exact) mass is 612 g/mol. The molecule has 2 aliphatic heterocycles. The summed E-state index contributed by atoms with van der Waals surface area (Å²) in [7, 11) is 0. The van der Waals surface area contributed by atoms with Crippen molar-refractivity contribution >= 4 is 22.9 Å². The van der Waals surface area contributed by atoms with Gasteiger partial charge in [0.05, 0.1) is 11.9 Å². The van der Waals surface area contributed by atoms with Crippen LogP contribution >= 0.6 is 0 Å². The van der Waals surface area contributed by atoms with E-state index in [2.05, 4.69) is 37.0 Å². The van der Waals surface area contributed by atoms with E-state index < -0.39 is 17.2 Å². The van der Waals surface area contributed by atoms with Crippen LogP contribution < -0.4 is 31.1 Å². The maximum Gasteiger partial charge on any atom is 0.573 e. The minimum Gasteiger partial charge on any atom is -0.406 e. The zero-order valence-corrected chi connectivity index (χ0v) is 25.1. The molecular formula is C32H39F3N6O3. The molecule has 3 aromatic rings. The van der Waals surface area contributed by atoms with E-state index in [9.17, 15) is 22.8 Å². The number of pyridine rings is 1. The van der Waals surface area contributed by atoms with Crippen LogP contribution in [0.5, 0.6) is 5.75 Å². The Hall–Kier alpha value is -3.64. The van der Waals surface area contributed by atoms with E-state index in [-0.39, 0.29) is 11.8 Å². The number of piperazine rings is 1. The van der Waals surface area contributed by atoms with Crippen LogP contribution in [-0.2, 0) is 6.54 Å². The first-order valence-corrected chi connectivity index (χ1v) is 15.5. The van der Waals surface area contributed by atoms with Gasteiger partial charge in [0.2, 0.25) is 0 Å². The molecule has 0 bridgehead atoms. The number of likely N-dealkylation sites (tertiary alicyclic amines) is 1. The van der Waals surface area contributed by atoms with Gasteiger partial charge in [-0.2, -0.15) is 0 Å². The number of nitrogens with zero attached hydrogens (tertiary/aromatic N) is 4. The van der Waals surface area contributed by atoms with Crippen LogP contribution in [0.3, 0.4) is 0 Å². The van der Waals surface area contributed by atoms with Crippen LogP contribution in [0.25, 0.3) is 0 Å². The maximum atomic E-state index is 12.4. The summed E-state index contributed by atoms with van der Waals surface area (Å²) in [6, 6.07) is 9.32. The van der Waals surface area contributed by atoms with Gasteiger partial charge in [-0.3, -0.25) is 19.4 Å². The average molecular weight is 613 g/mol. The number of nitrogens with one attached hydrogen (secondary N) is 2. The van der Waals surface area contributed by atoms with E-state index in [1.165, 1.54) is 12.1 Å². The van der Waals surface area contributed by atoms with Crippen molar-refractivity contribution in [2.75, 3.05) is 48.3 Å². The van der Waals surface area contributed by atoms with Gasteiger partial charge in [-0.05, 0) is 81.4 Å². The van der Waals surface area contributed by atoms with Crippen molar-refractivity contribution < 1.29 is 17.9 Å². The predicted octanol–water partition coefficient (Wildman–Crippen LogP) is 4.77. The Labute approximate surface area is 254 Å². The molecule has 6 rings (SSSR count). The summed E-state index contributed by atoms with van der Waals surface area (Å²) in [6.45, 7) is 9.56. The van der Waals surface area contributed by atoms with Crippen LogP contribution in [0.2, 0.25) is 0 Å². The Kier molecular flexibility index (Phi) is 8.56. The second-order valence-electron chi connectivity index (χ2n) is 12.3. The van der Waals surface area contributed by atoms with Crippen molar-refractivity contribution in [1.82, 2.24) is 14.8 Å². The fourth-order valence-corrected chi connectivity index (χ4v) is 6.56. The molecule has 2 saturated heterocycles. The number of alkyl halides is 3. The van der Waals surface area contributed by atoms with E-state index in [4.69, 9.17) is 4.98 Å². The number of piperidine rings is 1. The molecule has 0 radical (unpaired) electrons. The Bertz CT molecular complexity index is 1530. The van der Waals surface area contributed by atoms with Gasteiger partial charge in [0.15, 0.2) is 0 Å². The lowest BCUT2D eigenvalue weighted by molar-refractivity contribution is -0.274. The topological polar surface area (TPSA) is 90.0 Å². The van der Waals surface area contributed by atoms with E-state index in [0.717, 1.165) is 81.8 Å². The molecule has 0 spiro atoms. The van der Waals surface area contributed by atoms with Crippen LogP contribution in [0.4, 0.5) is 36.1 Å². The molecule has 2 N–H and O–H groups in total. The van der Waals surface area contributed by atoms with Gasteiger partial charge in [0.25, 0.3) is 10.9 Å². The average Bonchev–Trinajstić information content (AvgIpc) is 3.84. The zero-order valence-electron chi connectivity index (χ0n) is 25.1. The first-order valence-electron chi connectivity index (χ1n) is 15.5. The van der Waals surface area contributed by atoms with Crippen LogP contribution in [0.1, 0.15) is 50.2 Å². The van der Waals surface area contributed by atoms with Gasteiger partial charge < -0.3 is 20.3 Å². The summed E-state index contributed by atoms with van der Waals surface area (Å²) in [5.41, 5.74) is 2.46. The second kappa shape index (κ2) is 12.4. The Morgan fingerprint density at radius 2 is 1.68 bits per heavy atom. The third-order valence-electron chi connectivity index (χ3n) is 9.04. The van der Waals surface area contributed by atoms with Gasteiger partial charge in [0, 0.05) is 44.3 Å². The lowest BCUT2D eigenvalue weighted by atomic mass is 9.97. The smallest absolute Gasteiger partial charge is 0.406 e. The van der Waals surface area contributed by atoms with Crippen LogP contribution in [0.15, 0.2) is 46.1 Å². The molecule has 3 heterocycles. The van der Waals surface area contributed by atoms with Gasteiger partial charge in [-0.25, -0.2) is 4.98 Å². The van der Waals surface area contributed by atoms with E-state index >= 15 is 0 Å². The molecule has 0 amide bonds. The SMILES string of the molecule is CCC1CN(c2ncc(Nc3c(NC4CC4)c(=O)c3=O)cc2C)CCN1C1CCN(Cc2ccc(OC(F)(F)F)cc2)CC1. The molecule has 44 heavy (non-hydrogen) atoms. The molecule has 1 saturated carbocycles. The highest BCUT2D eigenvalue weighted by atomic mass is 19.4. The van der Waals surface area contributed by atoms with Gasteiger partial charge in [0.1, 0.15) is 22.9 Å². The van der Waals surface area contributed by atoms with Crippen molar-refractivity contribution in [3.05, 3.63) is 68.1 Å². The highest BCUT2D eigenvalue weighted by Crippen LogP contribution is 2.31. The van der Waals surface area contributed by atoms with Gasteiger partial charge in [-0.1, -0.05) is 19.1 Å². The minimum atomic E-state index is -4.68. The highest BCUT2D eigenvalue weighted by molar-refractivity contribution is 5.79. The van der Waals surface area contributed by atoms with Gasteiger partial charge in [-0.15, -0.1) is 13.2 Å². The van der Waals surface area contributed by atoms with Crippen molar-refractivity contribution in [1.29, 1.82) is 0 Å². The van der Waals surface area contributed by atoms with E-state index in [1.54, 1.807) is 18.3 Å². The minimum absolute atomic E-state index is 0.196. The first-order chi connectivity index (χ1) is 21.1. The normalized spacial score (nSPS) is 20.7.